The highest BCUT2D eigenvalue weighted by Gasteiger charge is 3.01. The van der Waals surface area contributed by atoms with Gasteiger partial charge in [-0.25, -0.2) is 9.59 Å². The van der Waals surface area contributed by atoms with Crippen molar-refractivity contribution in [1.82, 2.24) is 0 Å². The van der Waals surface area contributed by atoms with E-state index in [4.69, 9.17) is 10.2 Å². The van der Waals surface area contributed by atoms with Crippen molar-refractivity contribution in [3.05, 3.63) is 0 Å². The van der Waals surface area contributed by atoms with Gasteiger partial charge in [0.25, 0.3) is 0 Å². The first-order chi connectivity index (χ1) is 4.55. The SMILES string of the molecule is O=C(O)C12OC1(C(=O)O)O2. The lowest BCUT2D eigenvalue weighted by Crippen LogP contribution is -2.14. The van der Waals surface area contributed by atoms with Gasteiger partial charge in [0.2, 0.25) is 0 Å². The Hall–Kier alpha value is -1.14. The molecule has 2 fully saturated rings. The smallest absolute Gasteiger partial charge is 0.371 e. The number of carboxylic acid groups (broad SMARTS) is 2. The van der Waals surface area contributed by atoms with Crippen molar-refractivity contribution in [2.75, 3.05) is 0 Å². The van der Waals surface area contributed by atoms with E-state index in [9.17, 15) is 9.59 Å². The lowest BCUT2D eigenvalue weighted by atomic mass is 10.3. The van der Waals surface area contributed by atoms with Gasteiger partial charge in [0.1, 0.15) is 0 Å². The predicted molar refractivity (Wildman–Crippen MR) is 22.9 cm³/mol. The van der Waals surface area contributed by atoms with Crippen LogP contribution in [0.5, 0.6) is 0 Å². The van der Waals surface area contributed by atoms with Gasteiger partial charge in [-0.2, -0.15) is 0 Å². The fraction of sp³-hybridized carbons (Fsp3) is 0.500. The maximum atomic E-state index is 10.1. The molecule has 2 rings (SSSR count). The van der Waals surface area contributed by atoms with Crippen LogP contribution in [0.3, 0.4) is 0 Å². The molecule has 2 aliphatic heterocycles. The highest BCUT2D eigenvalue weighted by atomic mass is 17.1. The number of hydrogen-bond acceptors (Lipinski definition) is 4. The minimum Gasteiger partial charge on any atom is -0.477 e. The van der Waals surface area contributed by atoms with E-state index in [-0.39, 0.29) is 0 Å². The van der Waals surface area contributed by atoms with E-state index in [0.717, 1.165) is 0 Å². The summed E-state index contributed by atoms with van der Waals surface area (Å²) in [7, 11) is 0. The third kappa shape index (κ3) is 0.303. The Kier molecular flexibility index (Phi) is 0.585. The van der Waals surface area contributed by atoms with Crippen molar-refractivity contribution < 1.29 is 29.3 Å². The van der Waals surface area contributed by atoms with E-state index < -0.39 is 23.5 Å². The first kappa shape index (κ1) is 5.63. The van der Waals surface area contributed by atoms with Crippen LogP contribution in [0.15, 0.2) is 0 Å². The van der Waals surface area contributed by atoms with Gasteiger partial charge in [-0.05, 0) is 0 Å². The molecule has 0 aromatic heterocycles. The summed E-state index contributed by atoms with van der Waals surface area (Å²) in [5.74, 6) is -6.48. The van der Waals surface area contributed by atoms with E-state index in [2.05, 4.69) is 9.47 Å². The summed E-state index contributed by atoms with van der Waals surface area (Å²) in [6.07, 6.45) is 0. The van der Waals surface area contributed by atoms with Crippen LogP contribution >= 0.6 is 0 Å². The summed E-state index contributed by atoms with van der Waals surface area (Å²) in [5.41, 5.74) is 0. The summed E-state index contributed by atoms with van der Waals surface area (Å²) in [6, 6.07) is 0. The average molecular weight is 146 g/mol. The monoisotopic (exact) mass is 146 g/mol. The van der Waals surface area contributed by atoms with E-state index in [1.165, 1.54) is 0 Å². The molecular formula is C4H2O6. The largest absolute Gasteiger partial charge is 0.477 e. The third-order valence-corrected chi connectivity index (χ3v) is 1.49. The molecule has 2 N–H and O–H groups in total. The van der Waals surface area contributed by atoms with E-state index in [1.54, 1.807) is 0 Å². The van der Waals surface area contributed by atoms with Crippen molar-refractivity contribution in [2.45, 2.75) is 11.6 Å². The zero-order chi connectivity index (χ0) is 7.57. The molecular weight excluding hydrogens is 144 g/mol. The Balaban J connectivity index is 2.22. The topological polar surface area (TPSA) is 99.7 Å². The summed E-state index contributed by atoms with van der Waals surface area (Å²) < 4.78 is 8.56. The summed E-state index contributed by atoms with van der Waals surface area (Å²) >= 11 is 0. The highest BCUT2D eigenvalue weighted by molar-refractivity contribution is 5.99. The molecule has 0 aromatic rings. The van der Waals surface area contributed by atoms with Crippen molar-refractivity contribution in [1.29, 1.82) is 0 Å². The number of hydrogen-bond donors (Lipinski definition) is 2. The fourth-order valence-electron chi connectivity index (χ4n) is 0.818. The second kappa shape index (κ2) is 1.04. The van der Waals surface area contributed by atoms with Gasteiger partial charge in [-0.1, -0.05) is 0 Å². The van der Waals surface area contributed by atoms with Crippen molar-refractivity contribution in [3.8, 4) is 0 Å². The van der Waals surface area contributed by atoms with Gasteiger partial charge in [0, 0.05) is 0 Å². The molecule has 6 nitrogen and oxygen atoms in total. The standard InChI is InChI=1S/C4H2O6/c5-1(6)3-4(9-3,10-3)2(7)8/h(H,5,6)(H,7,8). The van der Waals surface area contributed by atoms with Gasteiger partial charge >= 0.3 is 23.5 Å². The quantitative estimate of drug-likeness (QED) is 0.465. The second-order valence-corrected chi connectivity index (χ2v) is 2.05. The first-order valence-corrected chi connectivity index (χ1v) is 2.42. The molecule has 0 atom stereocenters. The molecule has 0 bridgehead atoms. The molecule has 10 heavy (non-hydrogen) atoms. The van der Waals surface area contributed by atoms with Gasteiger partial charge in [-0.3, -0.25) is 9.47 Å². The molecule has 0 unspecified atom stereocenters. The lowest BCUT2D eigenvalue weighted by Gasteiger charge is -1.91. The number of ether oxygens (including phenoxy) is 2. The molecule has 2 aliphatic rings. The summed E-state index contributed by atoms with van der Waals surface area (Å²) in [6.45, 7) is 0. The molecule has 0 saturated carbocycles. The highest BCUT2D eigenvalue weighted by Crippen LogP contribution is 2.67. The number of carboxylic acids is 2. The Morgan fingerprint density at radius 3 is 1.40 bits per heavy atom. The molecule has 0 radical (unpaired) electrons. The molecule has 0 spiro atoms. The molecule has 0 amide bonds. The van der Waals surface area contributed by atoms with Crippen molar-refractivity contribution in [3.63, 3.8) is 0 Å². The Bertz CT molecular complexity index is 212. The lowest BCUT2D eigenvalue weighted by molar-refractivity contribution is -0.176. The number of rotatable bonds is 2. The van der Waals surface area contributed by atoms with Gasteiger partial charge < -0.3 is 10.2 Å². The molecule has 2 heterocycles. The molecule has 0 aliphatic carbocycles. The van der Waals surface area contributed by atoms with Crippen molar-refractivity contribution in [2.24, 2.45) is 0 Å². The average Bonchev–Trinajstić information content (AvgIpc) is 2.41. The minimum absolute atomic E-state index is 1.39. The number of fused-ring (bicyclic) bond motifs is 1. The normalized spacial score (nSPS) is 47.6. The maximum Gasteiger partial charge on any atom is 0.371 e. The van der Waals surface area contributed by atoms with Crippen LogP contribution in [0.1, 0.15) is 0 Å². The second-order valence-electron chi connectivity index (χ2n) is 2.05. The third-order valence-electron chi connectivity index (χ3n) is 1.49. The summed E-state index contributed by atoms with van der Waals surface area (Å²) in [5, 5.41) is 16.5. The Morgan fingerprint density at radius 1 is 1.00 bits per heavy atom. The van der Waals surface area contributed by atoms with Gasteiger partial charge in [0.15, 0.2) is 0 Å². The molecule has 2 saturated heterocycles. The van der Waals surface area contributed by atoms with Crippen LogP contribution in [0.4, 0.5) is 0 Å². The van der Waals surface area contributed by atoms with E-state index in [1.807, 2.05) is 0 Å². The molecule has 0 aromatic carbocycles. The first-order valence-electron chi connectivity index (χ1n) is 2.42. The zero-order valence-corrected chi connectivity index (χ0v) is 4.53. The van der Waals surface area contributed by atoms with Gasteiger partial charge in [0.05, 0.1) is 0 Å². The number of aliphatic carboxylic acids is 2. The van der Waals surface area contributed by atoms with Crippen LogP contribution in [-0.4, -0.2) is 33.7 Å². The Labute approximate surface area is 54.0 Å². The molecule has 54 valence electrons. The fourth-order valence-corrected chi connectivity index (χ4v) is 0.818. The van der Waals surface area contributed by atoms with E-state index in [0.29, 0.717) is 0 Å². The van der Waals surface area contributed by atoms with Crippen molar-refractivity contribution >= 4 is 11.9 Å². The Morgan fingerprint density at radius 2 is 1.30 bits per heavy atom. The molecule has 6 heteroatoms. The number of epoxide rings is 2. The van der Waals surface area contributed by atoms with Crippen LogP contribution in [0, 0.1) is 0 Å². The minimum atomic E-state index is -1.85. The van der Waals surface area contributed by atoms with E-state index >= 15 is 0 Å². The number of carbonyl (C=O) groups is 2. The van der Waals surface area contributed by atoms with Crippen LogP contribution in [-0.2, 0) is 19.1 Å². The maximum absolute atomic E-state index is 10.1. The van der Waals surface area contributed by atoms with Gasteiger partial charge in [-0.15, -0.1) is 0 Å². The zero-order valence-electron chi connectivity index (χ0n) is 4.53. The van der Waals surface area contributed by atoms with Crippen LogP contribution in [0.25, 0.3) is 0 Å². The summed E-state index contributed by atoms with van der Waals surface area (Å²) in [4.78, 5) is 20.2. The predicted octanol–water partition coefficient (Wildman–Crippen LogP) is -1.39. The van der Waals surface area contributed by atoms with Crippen LogP contribution < -0.4 is 0 Å². The van der Waals surface area contributed by atoms with Crippen LogP contribution in [0.2, 0.25) is 0 Å².